The largest absolute Gasteiger partial charge is 0.414 e. The minimum absolute atomic E-state index is 0.0685. The fraction of sp³-hybridized carbons (Fsp3) is 0.478. The van der Waals surface area contributed by atoms with Crippen LogP contribution in [-0.4, -0.2) is 33.0 Å². The van der Waals surface area contributed by atoms with Crippen molar-refractivity contribution in [1.82, 2.24) is 20.6 Å². The number of rotatable bonds is 4. The zero-order valence-electron chi connectivity index (χ0n) is 17.1. The molecule has 0 aliphatic heterocycles. The fourth-order valence-electron chi connectivity index (χ4n) is 6.28. The zero-order valence-corrected chi connectivity index (χ0v) is 17.1. The van der Waals surface area contributed by atoms with Crippen LogP contribution in [0.15, 0.2) is 42.7 Å². The number of nitrogens with zero attached hydrogens (tertiary/aromatic N) is 2. The van der Waals surface area contributed by atoms with Crippen LogP contribution in [0.5, 0.6) is 5.88 Å². The van der Waals surface area contributed by atoms with Crippen molar-refractivity contribution in [2.24, 2.45) is 11.8 Å². The van der Waals surface area contributed by atoms with Gasteiger partial charge in [-0.3, -0.25) is 9.78 Å². The molecule has 0 spiro atoms. The van der Waals surface area contributed by atoms with Crippen LogP contribution in [0.3, 0.4) is 0 Å². The summed E-state index contributed by atoms with van der Waals surface area (Å²) in [5.41, 5.74) is 0.802. The van der Waals surface area contributed by atoms with E-state index in [-0.39, 0.29) is 17.0 Å². The molecule has 2 heterocycles. The molecular weight excluding hydrogens is 380 g/mol. The lowest BCUT2D eigenvalue weighted by Gasteiger charge is -2.62. The third kappa shape index (κ3) is 3.64. The number of pyridine rings is 2. The summed E-state index contributed by atoms with van der Waals surface area (Å²) in [6.45, 7) is 1.86. The molecule has 2 aromatic rings. The summed E-state index contributed by atoms with van der Waals surface area (Å²) < 4.78 is 5.46. The average molecular weight is 406 g/mol. The van der Waals surface area contributed by atoms with E-state index < -0.39 is 6.09 Å². The van der Waals surface area contributed by atoms with E-state index in [4.69, 9.17) is 4.74 Å². The number of hydrogen-bond acceptors (Lipinski definition) is 5. The van der Waals surface area contributed by atoms with Gasteiger partial charge in [0.05, 0.1) is 0 Å². The standard InChI is InChI=1S/C23H26N4O3/c1-15-3-2-4-19(25-15)30-21(29)27-23-12-16-9-17(13-23)11-22(10-16,14-23)26-20(28)18-5-7-24-8-6-18/h2-8,16-17H,9-14H2,1H3,(H,26,28)(H,27,29). The van der Waals surface area contributed by atoms with Gasteiger partial charge < -0.3 is 15.4 Å². The maximum Gasteiger partial charge on any atom is 0.414 e. The predicted molar refractivity (Wildman–Crippen MR) is 110 cm³/mol. The quantitative estimate of drug-likeness (QED) is 0.812. The van der Waals surface area contributed by atoms with Crippen LogP contribution in [0.1, 0.15) is 54.6 Å². The number of amides is 2. The molecule has 4 saturated carbocycles. The molecule has 156 valence electrons. The lowest BCUT2D eigenvalue weighted by Crippen LogP contribution is -2.70. The molecule has 0 radical (unpaired) electrons. The molecule has 2 atom stereocenters. The predicted octanol–water partition coefficient (Wildman–Crippen LogP) is 3.39. The summed E-state index contributed by atoms with van der Waals surface area (Å²) in [5.74, 6) is 1.24. The van der Waals surface area contributed by atoms with Gasteiger partial charge in [-0.25, -0.2) is 9.78 Å². The SMILES string of the molecule is Cc1cccc(OC(=O)NC23CC4CC(C2)CC(NC(=O)c2ccncc2)(C4)C3)n1. The summed E-state index contributed by atoms with van der Waals surface area (Å²) in [7, 11) is 0. The van der Waals surface area contributed by atoms with Crippen molar-refractivity contribution in [3.8, 4) is 5.88 Å². The Bertz CT molecular complexity index is 963. The van der Waals surface area contributed by atoms with Crippen LogP contribution in [0.25, 0.3) is 0 Å². The first-order valence-electron chi connectivity index (χ1n) is 10.6. The van der Waals surface area contributed by atoms with E-state index in [1.54, 1.807) is 30.6 Å². The van der Waals surface area contributed by atoms with Gasteiger partial charge in [0.25, 0.3) is 5.91 Å². The van der Waals surface area contributed by atoms with Crippen LogP contribution in [0.4, 0.5) is 4.79 Å². The van der Waals surface area contributed by atoms with Crippen LogP contribution in [0.2, 0.25) is 0 Å². The minimum Gasteiger partial charge on any atom is -0.391 e. The number of nitrogens with one attached hydrogen (secondary N) is 2. The molecule has 2 aromatic heterocycles. The maximum absolute atomic E-state index is 12.9. The molecule has 2 N–H and O–H groups in total. The smallest absolute Gasteiger partial charge is 0.391 e. The molecule has 4 fully saturated rings. The van der Waals surface area contributed by atoms with Crippen LogP contribution >= 0.6 is 0 Å². The molecule has 0 saturated heterocycles. The minimum atomic E-state index is -0.467. The number of carbonyl (C=O) groups is 2. The maximum atomic E-state index is 12.9. The van der Waals surface area contributed by atoms with Crippen molar-refractivity contribution >= 4 is 12.0 Å². The lowest BCUT2D eigenvalue weighted by atomic mass is 9.50. The van der Waals surface area contributed by atoms with Gasteiger partial charge in [-0.15, -0.1) is 0 Å². The monoisotopic (exact) mass is 406 g/mol. The molecule has 4 bridgehead atoms. The lowest BCUT2D eigenvalue weighted by molar-refractivity contribution is -0.0449. The van der Waals surface area contributed by atoms with E-state index in [0.717, 1.165) is 37.8 Å². The Morgan fingerprint density at radius 3 is 2.33 bits per heavy atom. The summed E-state index contributed by atoms with van der Waals surface area (Å²) in [4.78, 5) is 33.8. The second-order valence-electron chi connectivity index (χ2n) is 9.34. The van der Waals surface area contributed by atoms with E-state index in [2.05, 4.69) is 20.6 Å². The molecule has 30 heavy (non-hydrogen) atoms. The normalized spacial score (nSPS) is 31.2. The zero-order chi connectivity index (χ0) is 20.8. The van der Waals surface area contributed by atoms with E-state index in [1.807, 2.05) is 19.1 Å². The van der Waals surface area contributed by atoms with Crippen molar-refractivity contribution in [2.75, 3.05) is 0 Å². The number of carbonyl (C=O) groups excluding carboxylic acids is 2. The average Bonchev–Trinajstić information content (AvgIpc) is 2.66. The molecule has 6 rings (SSSR count). The number of hydrogen-bond donors (Lipinski definition) is 2. The van der Waals surface area contributed by atoms with Gasteiger partial charge in [0.15, 0.2) is 0 Å². The van der Waals surface area contributed by atoms with Crippen molar-refractivity contribution in [2.45, 2.75) is 56.5 Å². The Morgan fingerprint density at radius 1 is 1.00 bits per heavy atom. The molecule has 2 amide bonds. The van der Waals surface area contributed by atoms with Gasteiger partial charge in [0.2, 0.25) is 5.88 Å². The fourth-order valence-corrected chi connectivity index (χ4v) is 6.28. The summed E-state index contributed by atoms with van der Waals surface area (Å²) in [5, 5.41) is 6.49. The highest BCUT2D eigenvalue weighted by Gasteiger charge is 2.59. The Hall–Kier alpha value is -2.96. The Morgan fingerprint density at radius 2 is 1.67 bits per heavy atom. The second-order valence-corrected chi connectivity index (χ2v) is 9.34. The van der Waals surface area contributed by atoms with Crippen LogP contribution < -0.4 is 15.4 Å². The highest BCUT2D eigenvalue weighted by Crippen LogP contribution is 2.57. The molecular formula is C23H26N4O3. The van der Waals surface area contributed by atoms with E-state index >= 15 is 0 Å². The van der Waals surface area contributed by atoms with Gasteiger partial charge in [0, 0.05) is 40.8 Å². The topological polar surface area (TPSA) is 93.2 Å². The van der Waals surface area contributed by atoms with Gasteiger partial charge in [-0.1, -0.05) is 6.07 Å². The Balaban J connectivity index is 1.32. The van der Waals surface area contributed by atoms with Crippen molar-refractivity contribution in [1.29, 1.82) is 0 Å². The van der Waals surface area contributed by atoms with Crippen molar-refractivity contribution in [3.05, 3.63) is 54.0 Å². The Labute approximate surface area is 175 Å². The van der Waals surface area contributed by atoms with Gasteiger partial charge in [0.1, 0.15) is 0 Å². The summed E-state index contributed by atoms with van der Waals surface area (Å²) in [6.07, 6.45) is 8.52. The first-order chi connectivity index (χ1) is 14.4. The van der Waals surface area contributed by atoms with Gasteiger partial charge >= 0.3 is 6.09 Å². The third-order valence-electron chi connectivity index (χ3n) is 6.81. The Kier molecular flexibility index (Phi) is 4.49. The highest BCUT2D eigenvalue weighted by atomic mass is 16.6. The van der Waals surface area contributed by atoms with Crippen LogP contribution in [0, 0.1) is 18.8 Å². The molecule has 4 aliphatic rings. The van der Waals surface area contributed by atoms with E-state index in [9.17, 15) is 9.59 Å². The third-order valence-corrected chi connectivity index (χ3v) is 6.81. The van der Waals surface area contributed by atoms with E-state index in [0.29, 0.717) is 23.3 Å². The van der Waals surface area contributed by atoms with Gasteiger partial charge in [-0.05, 0) is 75.5 Å². The highest BCUT2D eigenvalue weighted by molar-refractivity contribution is 5.94. The molecule has 7 nitrogen and oxygen atoms in total. The number of ether oxygens (including phenoxy) is 1. The summed E-state index contributed by atoms with van der Waals surface area (Å²) in [6, 6.07) is 8.83. The van der Waals surface area contributed by atoms with Crippen molar-refractivity contribution < 1.29 is 14.3 Å². The first-order valence-corrected chi connectivity index (χ1v) is 10.6. The summed E-state index contributed by atoms with van der Waals surface area (Å²) >= 11 is 0. The number of aromatic nitrogens is 2. The van der Waals surface area contributed by atoms with Crippen LogP contribution in [-0.2, 0) is 0 Å². The van der Waals surface area contributed by atoms with Gasteiger partial charge in [-0.2, -0.15) is 0 Å². The van der Waals surface area contributed by atoms with E-state index in [1.165, 1.54) is 6.42 Å². The van der Waals surface area contributed by atoms with Crippen molar-refractivity contribution in [3.63, 3.8) is 0 Å². The second kappa shape index (κ2) is 7.07. The molecule has 0 aromatic carbocycles. The first kappa shape index (κ1) is 19.0. The number of aryl methyl sites for hydroxylation is 1. The molecule has 7 heteroatoms. The molecule has 4 aliphatic carbocycles. The molecule has 2 unspecified atom stereocenters.